The largest absolute Gasteiger partial charge is 0.487 e. The van der Waals surface area contributed by atoms with Crippen molar-refractivity contribution in [1.82, 2.24) is 4.98 Å². The molecule has 0 saturated heterocycles. The van der Waals surface area contributed by atoms with Crippen molar-refractivity contribution >= 4 is 33.2 Å². The number of alkyl halides is 1. The highest BCUT2D eigenvalue weighted by Gasteiger charge is 2.11. The first-order valence-electron chi connectivity index (χ1n) is 6.09. The van der Waals surface area contributed by atoms with Gasteiger partial charge in [0, 0.05) is 27.9 Å². The molecule has 0 unspecified atom stereocenters. The minimum atomic E-state index is -0.440. The van der Waals surface area contributed by atoms with Crippen molar-refractivity contribution in [2.24, 2.45) is 0 Å². The number of nitro benzene ring substituents is 1. The fourth-order valence-corrected chi connectivity index (χ4v) is 2.42. The zero-order valence-electron chi connectivity index (χ0n) is 11.2. The highest BCUT2D eigenvalue weighted by atomic mass is 79.9. The molecule has 0 aliphatic heterocycles. The molecule has 0 saturated carbocycles. The van der Waals surface area contributed by atoms with Crippen LogP contribution in [0.15, 0.2) is 34.8 Å². The fraction of sp³-hybridized carbons (Fsp3) is 0.214. The summed E-state index contributed by atoms with van der Waals surface area (Å²) in [5.41, 5.74) is 2.38. The Hall–Kier alpha value is -1.66. The summed E-state index contributed by atoms with van der Waals surface area (Å²) in [4.78, 5) is 14.6. The summed E-state index contributed by atoms with van der Waals surface area (Å²) in [7, 11) is 0. The topological polar surface area (TPSA) is 65.3 Å². The van der Waals surface area contributed by atoms with Gasteiger partial charge in [0.15, 0.2) is 0 Å². The first-order valence-corrected chi connectivity index (χ1v) is 7.42. The van der Waals surface area contributed by atoms with Gasteiger partial charge in [-0.15, -0.1) is 11.6 Å². The van der Waals surface area contributed by atoms with Gasteiger partial charge in [0.25, 0.3) is 5.69 Å². The number of hydrogen-bond acceptors (Lipinski definition) is 4. The molecule has 7 heteroatoms. The lowest BCUT2D eigenvalue weighted by Crippen LogP contribution is -2.01. The predicted molar refractivity (Wildman–Crippen MR) is 83.7 cm³/mol. The van der Waals surface area contributed by atoms with Gasteiger partial charge in [0.2, 0.25) is 0 Å². The normalized spacial score (nSPS) is 10.4. The van der Waals surface area contributed by atoms with Crippen LogP contribution in [0, 0.1) is 17.0 Å². The SMILES string of the molecule is Cc1ccc(OCc2ccc([N+](=O)[O-])cc2Br)c(CCl)n1. The second-order valence-corrected chi connectivity index (χ2v) is 5.47. The third-order valence-electron chi connectivity index (χ3n) is 2.83. The molecule has 0 radical (unpaired) electrons. The number of rotatable bonds is 5. The molecule has 1 aromatic heterocycles. The Morgan fingerprint density at radius 1 is 1.38 bits per heavy atom. The van der Waals surface area contributed by atoms with Crippen LogP contribution >= 0.6 is 27.5 Å². The third kappa shape index (κ3) is 3.92. The van der Waals surface area contributed by atoms with Crippen LogP contribution in [0.5, 0.6) is 5.75 Å². The van der Waals surface area contributed by atoms with Gasteiger partial charge in [-0.3, -0.25) is 15.1 Å². The second kappa shape index (κ2) is 6.87. The molecule has 0 amide bonds. The van der Waals surface area contributed by atoms with Crippen molar-refractivity contribution in [3.8, 4) is 5.75 Å². The van der Waals surface area contributed by atoms with Gasteiger partial charge in [-0.05, 0) is 25.1 Å². The Morgan fingerprint density at radius 2 is 2.14 bits per heavy atom. The van der Waals surface area contributed by atoms with Crippen LogP contribution in [0.25, 0.3) is 0 Å². The highest BCUT2D eigenvalue weighted by molar-refractivity contribution is 9.10. The number of hydrogen-bond donors (Lipinski definition) is 0. The Morgan fingerprint density at radius 3 is 2.76 bits per heavy atom. The van der Waals surface area contributed by atoms with E-state index in [1.807, 2.05) is 19.1 Å². The molecule has 0 bridgehead atoms. The van der Waals surface area contributed by atoms with Crippen LogP contribution < -0.4 is 4.74 Å². The first-order chi connectivity index (χ1) is 10.0. The molecule has 0 spiro atoms. The van der Waals surface area contributed by atoms with Crippen molar-refractivity contribution in [3.05, 3.63) is 61.9 Å². The standard InChI is InChI=1S/C14H12BrClN2O3/c1-9-2-5-14(13(7-16)17-9)21-8-10-3-4-11(18(19)20)6-12(10)15/h2-6H,7-8H2,1H3. The molecule has 0 fully saturated rings. The maximum absolute atomic E-state index is 10.7. The smallest absolute Gasteiger partial charge is 0.270 e. The number of nitrogens with zero attached hydrogens (tertiary/aromatic N) is 2. The summed E-state index contributed by atoms with van der Waals surface area (Å²) >= 11 is 9.16. The Bertz CT molecular complexity index is 679. The summed E-state index contributed by atoms with van der Waals surface area (Å²) in [6, 6.07) is 8.22. The monoisotopic (exact) mass is 370 g/mol. The lowest BCUT2D eigenvalue weighted by Gasteiger charge is -2.11. The number of halogens is 2. The molecule has 0 aliphatic rings. The summed E-state index contributed by atoms with van der Waals surface area (Å²) in [6.45, 7) is 2.15. The molecule has 0 N–H and O–H groups in total. The van der Waals surface area contributed by atoms with Gasteiger partial charge in [-0.2, -0.15) is 0 Å². The molecule has 1 aromatic carbocycles. The van der Waals surface area contributed by atoms with E-state index in [-0.39, 0.29) is 18.2 Å². The first kappa shape index (κ1) is 15.7. The molecule has 110 valence electrons. The number of benzene rings is 1. The lowest BCUT2D eigenvalue weighted by atomic mass is 10.2. The summed E-state index contributed by atoms with van der Waals surface area (Å²) in [5, 5.41) is 10.7. The van der Waals surface area contributed by atoms with Gasteiger partial charge in [-0.1, -0.05) is 15.9 Å². The molecule has 1 heterocycles. The minimum Gasteiger partial charge on any atom is -0.487 e. The Kier molecular flexibility index (Phi) is 5.14. The van der Waals surface area contributed by atoms with E-state index in [1.54, 1.807) is 6.07 Å². The van der Waals surface area contributed by atoms with E-state index in [0.717, 1.165) is 11.3 Å². The summed E-state index contributed by atoms with van der Waals surface area (Å²) in [6.07, 6.45) is 0. The van der Waals surface area contributed by atoms with Crippen LogP contribution in [0.3, 0.4) is 0 Å². The van der Waals surface area contributed by atoms with Crippen LogP contribution in [0.1, 0.15) is 17.0 Å². The van der Waals surface area contributed by atoms with Crippen LogP contribution in [0.4, 0.5) is 5.69 Å². The number of non-ortho nitro benzene ring substituents is 1. The fourth-order valence-electron chi connectivity index (χ4n) is 1.75. The van der Waals surface area contributed by atoms with Crippen molar-refractivity contribution < 1.29 is 9.66 Å². The number of ether oxygens (including phenoxy) is 1. The second-order valence-electron chi connectivity index (χ2n) is 4.35. The van der Waals surface area contributed by atoms with E-state index in [2.05, 4.69) is 20.9 Å². The molecule has 21 heavy (non-hydrogen) atoms. The van der Waals surface area contributed by atoms with Crippen LogP contribution in [-0.2, 0) is 12.5 Å². The zero-order valence-corrected chi connectivity index (χ0v) is 13.5. The van der Waals surface area contributed by atoms with Gasteiger partial charge < -0.3 is 4.74 Å². The van der Waals surface area contributed by atoms with Crippen molar-refractivity contribution in [2.75, 3.05) is 0 Å². The molecular formula is C14H12BrClN2O3. The quantitative estimate of drug-likeness (QED) is 0.444. The van der Waals surface area contributed by atoms with Gasteiger partial charge in [0.1, 0.15) is 12.4 Å². The molecule has 2 rings (SSSR count). The van der Waals surface area contributed by atoms with Gasteiger partial charge in [0.05, 0.1) is 16.5 Å². The average molecular weight is 372 g/mol. The van der Waals surface area contributed by atoms with Crippen molar-refractivity contribution in [2.45, 2.75) is 19.4 Å². The van der Waals surface area contributed by atoms with Crippen LogP contribution in [-0.4, -0.2) is 9.91 Å². The number of nitro groups is 1. The van der Waals surface area contributed by atoms with E-state index in [1.165, 1.54) is 12.1 Å². The Labute approximate surface area is 135 Å². The van der Waals surface area contributed by atoms with E-state index in [9.17, 15) is 10.1 Å². The lowest BCUT2D eigenvalue weighted by molar-refractivity contribution is -0.384. The highest BCUT2D eigenvalue weighted by Crippen LogP contribution is 2.25. The van der Waals surface area contributed by atoms with Gasteiger partial charge >= 0.3 is 0 Å². The number of aryl methyl sites for hydroxylation is 1. The molecule has 0 atom stereocenters. The number of aromatic nitrogens is 1. The van der Waals surface area contributed by atoms with E-state index < -0.39 is 4.92 Å². The summed E-state index contributed by atoms with van der Waals surface area (Å²) < 4.78 is 6.33. The summed E-state index contributed by atoms with van der Waals surface area (Å²) in [5.74, 6) is 0.874. The molecular weight excluding hydrogens is 360 g/mol. The van der Waals surface area contributed by atoms with Gasteiger partial charge in [-0.25, -0.2) is 0 Å². The van der Waals surface area contributed by atoms with Crippen molar-refractivity contribution in [3.63, 3.8) is 0 Å². The minimum absolute atomic E-state index is 0.0316. The van der Waals surface area contributed by atoms with E-state index >= 15 is 0 Å². The molecule has 5 nitrogen and oxygen atoms in total. The maximum atomic E-state index is 10.7. The van der Waals surface area contributed by atoms with E-state index in [0.29, 0.717) is 15.9 Å². The third-order valence-corrected chi connectivity index (χ3v) is 3.82. The molecule has 2 aromatic rings. The van der Waals surface area contributed by atoms with Crippen LogP contribution in [0.2, 0.25) is 0 Å². The zero-order chi connectivity index (χ0) is 15.4. The average Bonchev–Trinajstić information content (AvgIpc) is 2.46. The maximum Gasteiger partial charge on any atom is 0.270 e. The molecule has 0 aliphatic carbocycles. The van der Waals surface area contributed by atoms with E-state index in [4.69, 9.17) is 16.3 Å². The Balaban J connectivity index is 2.15. The number of pyridine rings is 1. The van der Waals surface area contributed by atoms with Crippen molar-refractivity contribution in [1.29, 1.82) is 0 Å². The predicted octanol–water partition coefficient (Wildman–Crippen LogP) is 4.38.